The molecule has 0 heterocycles. The second kappa shape index (κ2) is 9.40. The molecule has 2 aromatic carbocycles. The first-order valence-corrected chi connectivity index (χ1v) is 8.41. The molecule has 0 atom stereocenters. The SMILES string of the molecule is COc1cc(/C=C(\C#N)C(N)=O)ccc1OC(=O)COc1ccccc1Br. The molecule has 0 saturated carbocycles. The number of nitrogens with zero attached hydrogens (tertiary/aromatic N) is 1. The average Bonchev–Trinajstić information content (AvgIpc) is 2.66. The number of hydrogen-bond donors (Lipinski definition) is 1. The first-order valence-electron chi connectivity index (χ1n) is 7.62. The maximum absolute atomic E-state index is 12.0. The summed E-state index contributed by atoms with van der Waals surface area (Å²) in [5.41, 5.74) is 5.39. The van der Waals surface area contributed by atoms with E-state index in [1.54, 1.807) is 30.3 Å². The predicted molar refractivity (Wildman–Crippen MR) is 101 cm³/mol. The largest absolute Gasteiger partial charge is 0.493 e. The van der Waals surface area contributed by atoms with E-state index in [2.05, 4.69) is 15.9 Å². The van der Waals surface area contributed by atoms with Crippen molar-refractivity contribution in [2.75, 3.05) is 13.7 Å². The van der Waals surface area contributed by atoms with E-state index in [4.69, 9.17) is 25.2 Å². The number of primary amides is 1. The van der Waals surface area contributed by atoms with Crippen LogP contribution in [-0.4, -0.2) is 25.6 Å². The van der Waals surface area contributed by atoms with Gasteiger partial charge in [-0.05, 0) is 51.8 Å². The van der Waals surface area contributed by atoms with Gasteiger partial charge in [0.2, 0.25) is 0 Å². The number of rotatable bonds is 7. The molecule has 0 saturated heterocycles. The van der Waals surface area contributed by atoms with Gasteiger partial charge in [-0.3, -0.25) is 4.79 Å². The number of esters is 1. The van der Waals surface area contributed by atoms with Crippen LogP contribution >= 0.6 is 15.9 Å². The summed E-state index contributed by atoms with van der Waals surface area (Å²) in [6.45, 7) is -0.298. The van der Waals surface area contributed by atoms with Crippen molar-refractivity contribution in [2.45, 2.75) is 0 Å². The van der Waals surface area contributed by atoms with E-state index in [1.165, 1.54) is 25.3 Å². The molecule has 27 heavy (non-hydrogen) atoms. The molecule has 7 nitrogen and oxygen atoms in total. The fourth-order valence-electron chi connectivity index (χ4n) is 2.03. The van der Waals surface area contributed by atoms with Gasteiger partial charge in [0.1, 0.15) is 17.4 Å². The molecule has 0 radical (unpaired) electrons. The molecular weight excluding hydrogens is 416 g/mol. The number of amides is 1. The lowest BCUT2D eigenvalue weighted by molar-refractivity contribution is -0.136. The van der Waals surface area contributed by atoms with Gasteiger partial charge in [-0.1, -0.05) is 18.2 Å². The van der Waals surface area contributed by atoms with Crippen LogP contribution in [-0.2, 0) is 9.59 Å². The highest BCUT2D eigenvalue weighted by Crippen LogP contribution is 2.29. The topological polar surface area (TPSA) is 112 Å². The molecular formula is C19H15BrN2O5. The van der Waals surface area contributed by atoms with E-state index in [-0.39, 0.29) is 23.7 Å². The van der Waals surface area contributed by atoms with Gasteiger partial charge in [0.15, 0.2) is 18.1 Å². The van der Waals surface area contributed by atoms with Crippen molar-refractivity contribution in [3.05, 3.63) is 58.1 Å². The smallest absolute Gasteiger partial charge is 0.349 e. The summed E-state index contributed by atoms with van der Waals surface area (Å²) in [5.74, 6) is -0.525. The summed E-state index contributed by atoms with van der Waals surface area (Å²) >= 11 is 3.32. The zero-order valence-electron chi connectivity index (χ0n) is 14.3. The minimum Gasteiger partial charge on any atom is -0.493 e. The lowest BCUT2D eigenvalue weighted by Gasteiger charge is -2.11. The fourth-order valence-corrected chi connectivity index (χ4v) is 2.43. The van der Waals surface area contributed by atoms with Crippen molar-refractivity contribution < 1.29 is 23.8 Å². The molecule has 0 unspecified atom stereocenters. The average molecular weight is 431 g/mol. The number of carbonyl (C=O) groups excluding carboxylic acids is 2. The second-order valence-corrected chi connectivity index (χ2v) is 5.99. The molecule has 0 aromatic heterocycles. The Morgan fingerprint density at radius 3 is 2.56 bits per heavy atom. The second-order valence-electron chi connectivity index (χ2n) is 5.14. The Labute approximate surface area is 164 Å². The molecule has 0 aliphatic rings. The summed E-state index contributed by atoms with van der Waals surface area (Å²) < 4.78 is 16.6. The lowest BCUT2D eigenvalue weighted by Crippen LogP contribution is -2.18. The number of nitriles is 1. The number of para-hydroxylation sites is 1. The van der Waals surface area contributed by atoms with Gasteiger partial charge in [-0.15, -0.1) is 0 Å². The zero-order valence-corrected chi connectivity index (χ0v) is 15.9. The van der Waals surface area contributed by atoms with Crippen LogP contribution in [0.5, 0.6) is 17.2 Å². The summed E-state index contributed by atoms with van der Waals surface area (Å²) in [4.78, 5) is 23.2. The summed E-state index contributed by atoms with van der Waals surface area (Å²) in [6.07, 6.45) is 1.31. The van der Waals surface area contributed by atoms with Crippen molar-refractivity contribution in [3.8, 4) is 23.3 Å². The van der Waals surface area contributed by atoms with Crippen LogP contribution in [0.15, 0.2) is 52.5 Å². The van der Waals surface area contributed by atoms with E-state index >= 15 is 0 Å². The fraction of sp³-hybridized carbons (Fsp3) is 0.105. The minimum atomic E-state index is -0.837. The van der Waals surface area contributed by atoms with Crippen molar-refractivity contribution in [1.82, 2.24) is 0 Å². The minimum absolute atomic E-state index is 0.174. The molecule has 2 N–H and O–H groups in total. The van der Waals surface area contributed by atoms with Crippen molar-refractivity contribution in [2.24, 2.45) is 5.73 Å². The third-order valence-corrected chi connectivity index (χ3v) is 3.95. The Morgan fingerprint density at radius 2 is 1.93 bits per heavy atom. The predicted octanol–water partition coefficient (Wildman–Crippen LogP) is 2.83. The van der Waals surface area contributed by atoms with Crippen LogP contribution in [0.4, 0.5) is 0 Å². The Balaban J connectivity index is 2.10. The van der Waals surface area contributed by atoms with E-state index in [0.29, 0.717) is 15.8 Å². The number of methoxy groups -OCH3 is 1. The maximum Gasteiger partial charge on any atom is 0.349 e. The molecule has 0 aliphatic heterocycles. The molecule has 0 aliphatic carbocycles. The number of carbonyl (C=O) groups is 2. The Morgan fingerprint density at radius 1 is 1.19 bits per heavy atom. The van der Waals surface area contributed by atoms with Crippen LogP contribution in [0.3, 0.4) is 0 Å². The zero-order chi connectivity index (χ0) is 19.8. The summed E-state index contributed by atoms with van der Waals surface area (Å²) in [5, 5.41) is 8.89. The molecule has 2 aromatic rings. The van der Waals surface area contributed by atoms with Gasteiger partial charge >= 0.3 is 5.97 Å². The Bertz CT molecular complexity index is 934. The van der Waals surface area contributed by atoms with Crippen LogP contribution in [0.25, 0.3) is 6.08 Å². The van der Waals surface area contributed by atoms with Crippen LogP contribution in [0.1, 0.15) is 5.56 Å². The molecule has 0 fully saturated rings. The molecule has 8 heteroatoms. The first-order chi connectivity index (χ1) is 12.9. The van der Waals surface area contributed by atoms with Gasteiger partial charge in [0.25, 0.3) is 5.91 Å². The number of halogens is 1. The molecule has 1 amide bonds. The monoisotopic (exact) mass is 430 g/mol. The third-order valence-electron chi connectivity index (χ3n) is 3.29. The van der Waals surface area contributed by atoms with Gasteiger partial charge < -0.3 is 19.9 Å². The normalized spacial score (nSPS) is 10.6. The number of hydrogen-bond acceptors (Lipinski definition) is 6. The maximum atomic E-state index is 12.0. The highest BCUT2D eigenvalue weighted by molar-refractivity contribution is 9.10. The summed E-state index contributed by atoms with van der Waals surface area (Å²) in [7, 11) is 1.40. The molecule has 138 valence electrons. The Hall–Kier alpha value is -3.31. The molecule has 2 rings (SSSR count). The van der Waals surface area contributed by atoms with E-state index < -0.39 is 11.9 Å². The standard InChI is InChI=1S/C19H15BrN2O5/c1-25-17-9-12(8-13(10-21)19(22)24)6-7-16(17)27-18(23)11-26-15-5-3-2-4-14(15)20/h2-9H,11H2,1H3,(H2,22,24)/b13-8+. The van der Waals surface area contributed by atoms with Gasteiger partial charge in [0.05, 0.1) is 11.6 Å². The van der Waals surface area contributed by atoms with Crippen molar-refractivity contribution in [1.29, 1.82) is 5.26 Å². The van der Waals surface area contributed by atoms with E-state index in [1.807, 2.05) is 6.07 Å². The van der Waals surface area contributed by atoms with E-state index in [9.17, 15) is 9.59 Å². The highest BCUT2D eigenvalue weighted by atomic mass is 79.9. The van der Waals surface area contributed by atoms with Crippen LogP contribution in [0.2, 0.25) is 0 Å². The first kappa shape index (κ1) is 20.0. The molecule has 0 bridgehead atoms. The van der Waals surface area contributed by atoms with E-state index in [0.717, 1.165) is 0 Å². The number of nitrogens with two attached hydrogens (primary N) is 1. The third kappa shape index (κ3) is 5.59. The Kier molecular flexibility index (Phi) is 6.97. The van der Waals surface area contributed by atoms with Gasteiger partial charge in [0, 0.05) is 0 Å². The lowest BCUT2D eigenvalue weighted by atomic mass is 10.1. The van der Waals surface area contributed by atoms with Crippen molar-refractivity contribution in [3.63, 3.8) is 0 Å². The van der Waals surface area contributed by atoms with Gasteiger partial charge in [-0.2, -0.15) is 5.26 Å². The van der Waals surface area contributed by atoms with Gasteiger partial charge in [-0.25, -0.2) is 4.79 Å². The number of ether oxygens (including phenoxy) is 3. The number of benzene rings is 2. The highest BCUT2D eigenvalue weighted by Gasteiger charge is 2.13. The van der Waals surface area contributed by atoms with Crippen molar-refractivity contribution >= 4 is 33.9 Å². The quantitative estimate of drug-likeness (QED) is 0.312. The molecule has 0 spiro atoms. The summed E-state index contributed by atoms with van der Waals surface area (Å²) in [6, 6.07) is 13.4. The van der Waals surface area contributed by atoms with Crippen LogP contribution in [0, 0.1) is 11.3 Å². The van der Waals surface area contributed by atoms with Crippen LogP contribution < -0.4 is 19.9 Å².